The summed E-state index contributed by atoms with van der Waals surface area (Å²) in [5.74, 6) is -0.508. The lowest BCUT2D eigenvalue weighted by Crippen LogP contribution is -2.16. The van der Waals surface area contributed by atoms with Gasteiger partial charge in [0.05, 0.1) is 22.4 Å². The van der Waals surface area contributed by atoms with Gasteiger partial charge in [-0.25, -0.2) is 9.35 Å². The minimum absolute atomic E-state index is 0.0499. The fourth-order valence-electron chi connectivity index (χ4n) is 3.69. The van der Waals surface area contributed by atoms with E-state index in [0.29, 0.717) is 5.56 Å². The quantitative estimate of drug-likeness (QED) is 0.598. The van der Waals surface area contributed by atoms with Gasteiger partial charge >= 0.3 is 0 Å². The summed E-state index contributed by atoms with van der Waals surface area (Å²) < 4.78 is 17.2. The van der Waals surface area contributed by atoms with Crippen LogP contribution in [0.1, 0.15) is 42.5 Å². The van der Waals surface area contributed by atoms with Crippen molar-refractivity contribution in [3.05, 3.63) is 57.5 Å². The predicted octanol–water partition coefficient (Wildman–Crippen LogP) is 4.06. The molecule has 158 valence electrons. The summed E-state index contributed by atoms with van der Waals surface area (Å²) in [5.41, 5.74) is 5.63. The first-order valence-corrected chi connectivity index (χ1v) is 12.9. The number of aliphatic hydroxyl groups is 1. The van der Waals surface area contributed by atoms with Gasteiger partial charge in [-0.15, -0.1) is 27.0 Å². The van der Waals surface area contributed by atoms with E-state index in [-0.39, 0.29) is 10.6 Å². The van der Waals surface area contributed by atoms with Crippen LogP contribution in [-0.2, 0) is 39.6 Å². The lowest BCUT2D eigenvalue weighted by molar-refractivity contribution is -0.117. The van der Waals surface area contributed by atoms with Crippen molar-refractivity contribution in [1.82, 2.24) is 4.98 Å². The Morgan fingerprint density at radius 1 is 1.33 bits per heavy atom. The number of benzene rings is 1. The maximum atomic E-state index is 13.0. The maximum Gasteiger partial charge on any atom is 0.259 e. The second-order valence-corrected chi connectivity index (χ2v) is 11.7. The Labute approximate surface area is 184 Å². The summed E-state index contributed by atoms with van der Waals surface area (Å²) in [7, 11) is -3.38. The molecule has 0 aliphatic heterocycles. The molecule has 30 heavy (non-hydrogen) atoms. The molecule has 0 saturated heterocycles. The van der Waals surface area contributed by atoms with Crippen LogP contribution in [0.2, 0.25) is 0 Å². The van der Waals surface area contributed by atoms with Gasteiger partial charge in [0.1, 0.15) is 4.21 Å². The van der Waals surface area contributed by atoms with Crippen molar-refractivity contribution in [2.45, 2.75) is 49.3 Å². The van der Waals surface area contributed by atoms with Gasteiger partial charge in [0, 0.05) is 6.20 Å². The molecule has 9 heteroatoms. The number of fused-ring (bicyclic) bond motifs is 1. The number of thiazole rings is 1. The van der Waals surface area contributed by atoms with Crippen LogP contribution in [0.5, 0.6) is 0 Å². The minimum atomic E-state index is -3.38. The number of hydrogen-bond donors (Lipinski definition) is 2. The summed E-state index contributed by atoms with van der Waals surface area (Å²) in [6, 6.07) is 5.72. The van der Waals surface area contributed by atoms with E-state index < -0.39 is 21.4 Å². The summed E-state index contributed by atoms with van der Waals surface area (Å²) in [6.07, 6.45) is 4.82. The molecule has 1 aliphatic carbocycles. The van der Waals surface area contributed by atoms with E-state index >= 15 is 0 Å². The molecule has 3 aromatic rings. The first-order chi connectivity index (χ1) is 14.1. The SMILES string of the molecule is CC(C)(O)c1csc(S(N)(=O)=NC(=O)Cc2c(-c3cncs3)ccc3c2CCC3)c1. The molecule has 2 aromatic heterocycles. The third-order valence-electron chi connectivity index (χ3n) is 5.23. The molecule has 3 N–H and O–H groups in total. The zero-order valence-electron chi connectivity index (χ0n) is 16.8. The number of amides is 1. The highest BCUT2D eigenvalue weighted by molar-refractivity contribution is 7.93. The van der Waals surface area contributed by atoms with Gasteiger partial charge in [-0.05, 0) is 72.4 Å². The molecule has 0 bridgehead atoms. The van der Waals surface area contributed by atoms with Crippen molar-refractivity contribution in [3.63, 3.8) is 0 Å². The summed E-state index contributed by atoms with van der Waals surface area (Å²) in [5, 5.41) is 17.8. The van der Waals surface area contributed by atoms with Crippen LogP contribution in [0.25, 0.3) is 10.4 Å². The highest BCUT2D eigenvalue weighted by atomic mass is 32.2. The highest BCUT2D eigenvalue weighted by Gasteiger charge is 2.23. The van der Waals surface area contributed by atoms with Gasteiger partial charge in [-0.2, -0.15) is 0 Å². The third-order valence-corrected chi connectivity index (χ3v) is 8.94. The lowest BCUT2D eigenvalue weighted by atomic mass is 9.94. The summed E-state index contributed by atoms with van der Waals surface area (Å²) >= 11 is 2.66. The van der Waals surface area contributed by atoms with Gasteiger partial charge in [0.25, 0.3) is 5.91 Å². The first-order valence-electron chi connectivity index (χ1n) is 9.57. The van der Waals surface area contributed by atoms with Crippen molar-refractivity contribution in [2.24, 2.45) is 9.50 Å². The van der Waals surface area contributed by atoms with E-state index in [1.54, 1.807) is 37.0 Å². The number of aryl methyl sites for hydroxylation is 1. The van der Waals surface area contributed by atoms with Gasteiger partial charge < -0.3 is 5.11 Å². The molecule has 0 fully saturated rings. The topological polar surface area (TPSA) is 106 Å². The van der Waals surface area contributed by atoms with Gasteiger partial charge in [0.15, 0.2) is 9.92 Å². The molecule has 0 radical (unpaired) electrons. The monoisotopic (exact) mass is 461 g/mol. The molecule has 4 rings (SSSR count). The number of carbonyl (C=O) groups excluding carboxylic acids is 1. The Kier molecular flexibility index (Phi) is 5.67. The zero-order chi connectivity index (χ0) is 21.5. The van der Waals surface area contributed by atoms with Crippen LogP contribution in [-0.4, -0.2) is 20.2 Å². The van der Waals surface area contributed by atoms with Crippen molar-refractivity contribution in [3.8, 4) is 10.4 Å². The first kappa shape index (κ1) is 21.3. The van der Waals surface area contributed by atoms with Crippen LogP contribution in [0.3, 0.4) is 0 Å². The fourth-order valence-corrected chi connectivity index (χ4v) is 6.73. The molecular formula is C21H23N3O3S3. The number of hydrogen-bond acceptors (Lipinski definition) is 6. The number of carbonyl (C=O) groups is 1. The maximum absolute atomic E-state index is 13.0. The summed E-state index contributed by atoms with van der Waals surface area (Å²) in [4.78, 5) is 18.0. The molecule has 1 aliphatic rings. The Balaban J connectivity index is 1.68. The lowest BCUT2D eigenvalue weighted by Gasteiger charge is -2.14. The molecule has 1 aromatic carbocycles. The second-order valence-electron chi connectivity index (χ2n) is 7.89. The second kappa shape index (κ2) is 7.97. The molecule has 1 amide bonds. The average Bonchev–Trinajstić information content (AvgIpc) is 3.41. The molecule has 0 spiro atoms. The van der Waals surface area contributed by atoms with Crippen LogP contribution in [0, 0.1) is 0 Å². The van der Waals surface area contributed by atoms with Crippen molar-refractivity contribution >= 4 is 38.5 Å². The van der Waals surface area contributed by atoms with E-state index in [9.17, 15) is 14.1 Å². The largest absolute Gasteiger partial charge is 0.386 e. The minimum Gasteiger partial charge on any atom is -0.386 e. The molecular weight excluding hydrogens is 438 g/mol. The normalized spacial score (nSPS) is 15.6. The Bertz CT molecular complexity index is 1210. The van der Waals surface area contributed by atoms with Crippen LogP contribution in [0.15, 0.2) is 43.9 Å². The fraction of sp³-hybridized carbons (Fsp3) is 0.333. The molecule has 1 atom stereocenters. The van der Waals surface area contributed by atoms with E-state index in [2.05, 4.69) is 15.4 Å². The number of rotatable bonds is 5. The van der Waals surface area contributed by atoms with E-state index in [1.165, 1.54) is 22.5 Å². The highest BCUT2D eigenvalue weighted by Crippen LogP contribution is 2.35. The van der Waals surface area contributed by atoms with Gasteiger partial charge in [0.2, 0.25) is 0 Å². The van der Waals surface area contributed by atoms with Gasteiger partial charge in [-0.1, -0.05) is 12.1 Å². The van der Waals surface area contributed by atoms with E-state index in [0.717, 1.165) is 46.6 Å². The van der Waals surface area contributed by atoms with Crippen molar-refractivity contribution < 1.29 is 14.1 Å². The number of thiophene rings is 1. The predicted molar refractivity (Wildman–Crippen MR) is 121 cm³/mol. The number of nitrogens with zero attached hydrogens (tertiary/aromatic N) is 2. The Hall–Kier alpha value is -1.91. The van der Waals surface area contributed by atoms with E-state index in [1.807, 2.05) is 6.07 Å². The van der Waals surface area contributed by atoms with E-state index in [4.69, 9.17) is 5.14 Å². The number of aromatic nitrogens is 1. The van der Waals surface area contributed by atoms with Crippen LogP contribution < -0.4 is 5.14 Å². The third kappa shape index (κ3) is 4.26. The summed E-state index contributed by atoms with van der Waals surface area (Å²) in [6.45, 7) is 3.27. The Morgan fingerprint density at radius 3 is 2.80 bits per heavy atom. The Morgan fingerprint density at radius 2 is 2.13 bits per heavy atom. The smallest absolute Gasteiger partial charge is 0.259 e. The average molecular weight is 462 g/mol. The van der Waals surface area contributed by atoms with Gasteiger partial charge in [-0.3, -0.25) is 9.78 Å². The van der Waals surface area contributed by atoms with Crippen molar-refractivity contribution in [1.29, 1.82) is 0 Å². The molecule has 0 saturated carbocycles. The molecule has 2 heterocycles. The molecule has 6 nitrogen and oxygen atoms in total. The number of nitrogens with two attached hydrogens (primary N) is 1. The standard InChI is InChI=1S/C21H23N3O3S3/c1-21(2,26)14-8-20(28-11-14)30(22,27)24-19(25)9-17-15-5-3-4-13(15)6-7-16(17)18-10-23-12-29-18/h6-8,10-12,26H,3-5,9H2,1-2H3,(H2,22,24,25,27). The molecule has 1 unspecified atom stereocenters. The van der Waals surface area contributed by atoms with Crippen LogP contribution >= 0.6 is 22.7 Å². The van der Waals surface area contributed by atoms with Crippen LogP contribution in [0.4, 0.5) is 0 Å². The van der Waals surface area contributed by atoms with Crippen molar-refractivity contribution in [2.75, 3.05) is 0 Å². The zero-order valence-corrected chi connectivity index (χ0v) is 19.2.